The van der Waals surface area contributed by atoms with Crippen LogP contribution in [0.15, 0.2) is 4.99 Å². The maximum absolute atomic E-state index is 11.9. The molecular weight excluding hydrogens is 220 g/mol. The normalized spacial score (nSPS) is 13.1. The highest BCUT2D eigenvalue weighted by molar-refractivity contribution is 7.99. The Kier molecular flexibility index (Phi) is 6.63. The lowest BCUT2D eigenvalue weighted by molar-refractivity contribution is 0.152. The van der Waals surface area contributed by atoms with Crippen molar-refractivity contribution >= 4 is 17.7 Å². The van der Waals surface area contributed by atoms with E-state index in [-0.39, 0.29) is 11.3 Å². The van der Waals surface area contributed by atoms with Crippen molar-refractivity contribution in [3.63, 3.8) is 0 Å². The molecule has 0 aliphatic carbocycles. The van der Waals surface area contributed by atoms with E-state index in [0.29, 0.717) is 12.5 Å². The van der Waals surface area contributed by atoms with Crippen molar-refractivity contribution in [2.45, 2.75) is 25.0 Å². The van der Waals surface area contributed by atoms with Gasteiger partial charge in [0.2, 0.25) is 0 Å². The van der Waals surface area contributed by atoms with Crippen molar-refractivity contribution in [1.82, 2.24) is 10.6 Å². The first kappa shape index (κ1) is 14.5. The molecule has 0 aliphatic heterocycles. The standard InChI is InChI=1S/C9H19F2N3S/c1-9(2,15-4)6-14-8(12-3)13-5-7(10)11/h7H,5-6H2,1-4H3,(H2,12,13,14). The SMILES string of the molecule is CN=C(NCC(F)F)NCC(C)(C)SC. The maximum atomic E-state index is 11.9. The Bertz CT molecular complexity index is 208. The molecule has 0 saturated heterocycles. The van der Waals surface area contributed by atoms with Gasteiger partial charge in [-0.2, -0.15) is 11.8 Å². The fourth-order valence-corrected chi connectivity index (χ4v) is 0.980. The van der Waals surface area contributed by atoms with Gasteiger partial charge >= 0.3 is 0 Å². The van der Waals surface area contributed by atoms with Gasteiger partial charge < -0.3 is 10.6 Å². The summed E-state index contributed by atoms with van der Waals surface area (Å²) >= 11 is 1.71. The molecule has 0 fully saturated rings. The van der Waals surface area contributed by atoms with Gasteiger partial charge in [-0.25, -0.2) is 8.78 Å². The van der Waals surface area contributed by atoms with Crippen LogP contribution in [0.1, 0.15) is 13.8 Å². The number of rotatable bonds is 5. The van der Waals surface area contributed by atoms with E-state index in [1.165, 1.54) is 0 Å². The molecule has 2 N–H and O–H groups in total. The Hall–Kier alpha value is -0.520. The van der Waals surface area contributed by atoms with Gasteiger partial charge in [-0.15, -0.1) is 0 Å². The fraction of sp³-hybridized carbons (Fsp3) is 0.889. The molecule has 0 rings (SSSR count). The quantitative estimate of drug-likeness (QED) is 0.564. The van der Waals surface area contributed by atoms with Crippen LogP contribution in [-0.2, 0) is 0 Å². The van der Waals surface area contributed by atoms with Crippen molar-refractivity contribution in [3.05, 3.63) is 0 Å². The van der Waals surface area contributed by atoms with Crippen LogP contribution in [0.3, 0.4) is 0 Å². The van der Waals surface area contributed by atoms with Crippen LogP contribution in [0.2, 0.25) is 0 Å². The van der Waals surface area contributed by atoms with Crippen LogP contribution in [0.25, 0.3) is 0 Å². The molecule has 0 aliphatic rings. The van der Waals surface area contributed by atoms with Crippen LogP contribution < -0.4 is 10.6 Å². The summed E-state index contributed by atoms with van der Waals surface area (Å²) in [5, 5.41) is 5.55. The minimum absolute atomic E-state index is 0.0580. The highest BCUT2D eigenvalue weighted by Crippen LogP contribution is 2.19. The van der Waals surface area contributed by atoms with E-state index in [4.69, 9.17) is 0 Å². The Balaban J connectivity index is 3.92. The minimum Gasteiger partial charge on any atom is -0.355 e. The van der Waals surface area contributed by atoms with Gasteiger partial charge in [0.05, 0.1) is 6.54 Å². The predicted octanol–water partition coefficient (Wildman–Crippen LogP) is 1.56. The van der Waals surface area contributed by atoms with Gasteiger partial charge in [0.15, 0.2) is 5.96 Å². The molecule has 3 nitrogen and oxygen atoms in total. The summed E-state index contributed by atoms with van der Waals surface area (Å²) in [5.41, 5.74) is 0. The van der Waals surface area contributed by atoms with E-state index in [9.17, 15) is 8.78 Å². The number of hydrogen-bond donors (Lipinski definition) is 2. The first-order valence-electron chi connectivity index (χ1n) is 4.69. The molecule has 0 bridgehead atoms. The second kappa shape index (κ2) is 6.87. The van der Waals surface area contributed by atoms with Crippen LogP contribution in [0, 0.1) is 0 Å². The maximum Gasteiger partial charge on any atom is 0.255 e. The van der Waals surface area contributed by atoms with E-state index in [2.05, 4.69) is 29.5 Å². The zero-order valence-corrected chi connectivity index (χ0v) is 10.4. The number of guanidine groups is 1. The van der Waals surface area contributed by atoms with E-state index < -0.39 is 6.43 Å². The van der Waals surface area contributed by atoms with Crippen molar-refractivity contribution in [1.29, 1.82) is 0 Å². The smallest absolute Gasteiger partial charge is 0.255 e. The third-order valence-electron chi connectivity index (χ3n) is 1.88. The Morgan fingerprint density at radius 1 is 1.40 bits per heavy atom. The monoisotopic (exact) mass is 239 g/mol. The van der Waals surface area contributed by atoms with Crippen LogP contribution in [0.4, 0.5) is 8.78 Å². The van der Waals surface area contributed by atoms with Gasteiger partial charge in [0, 0.05) is 18.3 Å². The van der Waals surface area contributed by atoms with Crippen molar-refractivity contribution in [2.24, 2.45) is 4.99 Å². The van der Waals surface area contributed by atoms with Gasteiger partial charge in [-0.3, -0.25) is 4.99 Å². The molecule has 0 spiro atoms. The van der Waals surface area contributed by atoms with Crippen molar-refractivity contribution in [2.75, 3.05) is 26.4 Å². The van der Waals surface area contributed by atoms with Crippen LogP contribution >= 0.6 is 11.8 Å². The first-order chi connectivity index (χ1) is 6.91. The lowest BCUT2D eigenvalue weighted by atomic mass is 10.2. The lowest BCUT2D eigenvalue weighted by Gasteiger charge is -2.23. The van der Waals surface area contributed by atoms with E-state index in [0.717, 1.165) is 0 Å². The Labute approximate surface area is 94.1 Å². The number of alkyl halides is 2. The molecule has 0 amide bonds. The molecule has 0 heterocycles. The number of halogens is 2. The predicted molar refractivity (Wildman–Crippen MR) is 63.0 cm³/mol. The first-order valence-corrected chi connectivity index (χ1v) is 5.91. The molecule has 0 atom stereocenters. The molecule has 6 heteroatoms. The Morgan fingerprint density at radius 2 is 2.00 bits per heavy atom. The molecule has 15 heavy (non-hydrogen) atoms. The van der Waals surface area contributed by atoms with E-state index in [1.807, 2.05) is 6.26 Å². The molecule has 0 saturated carbocycles. The second-order valence-electron chi connectivity index (χ2n) is 3.66. The number of thioether (sulfide) groups is 1. The molecule has 0 unspecified atom stereocenters. The summed E-state index contributed by atoms with van der Waals surface area (Å²) in [7, 11) is 1.56. The second-order valence-corrected chi connectivity index (χ2v) is 5.17. The van der Waals surface area contributed by atoms with E-state index >= 15 is 0 Å². The highest BCUT2D eigenvalue weighted by Gasteiger charge is 2.16. The molecule has 0 aromatic carbocycles. The zero-order chi connectivity index (χ0) is 11.9. The third-order valence-corrected chi connectivity index (χ3v) is 3.13. The Morgan fingerprint density at radius 3 is 2.40 bits per heavy atom. The van der Waals surface area contributed by atoms with Gasteiger partial charge in [0.25, 0.3) is 6.43 Å². The summed E-state index contributed by atoms with van der Waals surface area (Å²) in [4.78, 5) is 3.85. The molecule has 0 aromatic rings. The third kappa shape index (κ3) is 7.41. The average molecular weight is 239 g/mol. The number of nitrogens with zero attached hydrogens (tertiary/aromatic N) is 1. The summed E-state index contributed by atoms with van der Waals surface area (Å²) in [6.07, 6.45) is -0.353. The van der Waals surface area contributed by atoms with Crippen LogP contribution in [-0.4, -0.2) is 43.5 Å². The van der Waals surface area contributed by atoms with Gasteiger partial charge in [-0.05, 0) is 20.1 Å². The van der Waals surface area contributed by atoms with Crippen LogP contribution in [0.5, 0.6) is 0 Å². The highest BCUT2D eigenvalue weighted by atomic mass is 32.2. The van der Waals surface area contributed by atoms with Crippen molar-refractivity contribution in [3.8, 4) is 0 Å². The summed E-state index contributed by atoms with van der Waals surface area (Å²) < 4.78 is 23.9. The van der Waals surface area contributed by atoms with Gasteiger partial charge in [0.1, 0.15) is 0 Å². The van der Waals surface area contributed by atoms with Crippen molar-refractivity contribution < 1.29 is 8.78 Å². The average Bonchev–Trinajstić information content (AvgIpc) is 2.18. The van der Waals surface area contributed by atoms with Gasteiger partial charge in [-0.1, -0.05) is 0 Å². The zero-order valence-electron chi connectivity index (χ0n) is 9.60. The summed E-state index contributed by atoms with van der Waals surface area (Å²) in [6.45, 7) is 4.45. The topological polar surface area (TPSA) is 36.4 Å². The summed E-state index contributed by atoms with van der Waals surface area (Å²) in [5.74, 6) is 0.414. The molecule has 90 valence electrons. The lowest BCUT2D eigenvalue weighted by Crippen LogP contribution is -2.44. The van der Waals surface area contributed by atoms with E-state index in [1.54, 1.807) is 18.8 Å². The largest absolute Gasteiger partial charge is 0.355 e. The molecular formula is C9H19F2N3S. The minimum atomic E-state index is -2.36. The summed E-state index contributed by atoms with van der Waals surface area (Å²) in [6, 6.07) is 0. The fourth-order valence-electron chi connectivity index (χ4n) is 0.763. The molecule has 0 radical (unpaired) electrons. The number of nitrogens with one attached hydrogen (secondary N) is 2. The number of aliphatic imine (C=N–C) groups is 1. The molecule has 0 aromatic heterocycles. The number of hydrogen-bond acceptors (Lipinski definition) is 2.